The standard InChI is InChI=1S/C12H9BrClNO2S/c13-11-4-2-8(18-11)6-17-12(16)7-1-3-10(15)9(14)5-7/h1-5H,6,15H2. The van der Waals surface area contributed by atoms with Crippen molar-refractivity contribution in [3.8, 4) is 0 Å². The first-order valence-electron chi connectivity index (χ1n) is 5.02. The minimum absolute atomic E-state index is 0.247. The zero-order valence-corrected chi connectivity index (χ0v) is 12.3. The van der Waals surface area contributed by atoms with Crippen LogP contribution < -0.4 is 5.73 Å². The molecule has 0 radical (unpaired) electrons. The number of thiophene rings is 1. The minimum atomic E-state index is -0.415. The maximum atomic E-state index is 11.8. The van der Waals surface area contributed by atoms with Crippen molar-refractivity contribution in [2.45, 2.75) is 6.61 Å². The third-order valence-corrected chi connectivity index (χ3v) is 4.14. The number of anilines is 1. The van der Waals surface area contributed by atoms with Gasteiger partial charge in [0.2, 0.25) is 0 Å². The van der Waals surface area contributed by atoms with Gasteiger partial charge in [0.05, 0.1) is 20.1 Å². The molecule has 6 heteroatoms. The lowest BCUT2D eigenvalue weighted by atomic mass is 10.2. The normalized spacial score (nSPS) is 10.3. The van der Waals surface area contributed by atoms with Crippen LogP contribution in [0.5, 0.6) is 0 Å². The number of esters is 1. The number of ether oxygens (including phenoxy) is 1. The van der Waals surface area contributed by atoms with E-state index in [0.29, 0.717) is 16.3 Å². The van der Waals surface area contributed by atoms with Gasteiger partial charge in [0.25, 0.3) is 0 Å². The molecule has 1 heterocycles. The van der Waals surface area contributed by atoms with Crippen molar-refractivity contribution < 1.29 is 9.53 Å². The smallest absolute Gasteiger partial charge is 0.338 e. The van der Waals surface area contributed by atoms with Crippen LogP contribution in [0.15, 0.2) is 34.1 Å². The molecule has 0 aliphatic rings. The summed E-state index contributed by atoms with van der Waals surface area (Å²) in [4.78, 5) is 12.7. The fourth-order valence-corrected chi connectivity index (χ4v) is 2.88. The molecule has 3 nitrogen and oxygen atoms in total. The predicted molar refractivity (Wildman–Crippen MR) is 77.0 cm³/mol. The van der Waals surface area contributed by atoms with Gasteiger partial charge in [-0.15, -0.1) is 11.3 Å². The van der Waals surface area contributed by atoms with Crippen LogP contribution in [0.2, 0.25) is 5.02 Å². The Kier molecular flexibility index (Phi) is 4.27. The molecule has 0 saturated carbocycles. The maximum Gasteiger partial charge on any atom is 0.338 e. The number of halogens is 2. The highest BCUT2D eigenvalue weighted by Crippen LogP contribution is 2.24. The summed E-state index contributed by atoms with van der Waals surface area (Å²) in [7, 11) is 0. The number of carbonyl (C=O) groups is 1. The second kappa shape index (κ2) is 5.73. The van der Waals surface area contributed by atoms with Crippen molar-refractivity contribution in [3.05, 3.63) is 49.6 Å². The van der Waals surface area contributed by atoms with Gasteiger partial charge < -0.3 is 10.5 Å². The van der Waals surface area contributed by atoms with Crippen LogP contribution in [-0.4, -0.2) is 5.97 Å². The molecule has 18 heavy (non-hydrogen) atoms. The van der Waals surface area contributed by atoms with Gasteiger partial charge in [-0.3, -0.25) is 0 Å². The van der Waals surface area contributed by atoms with E-state index in [1.165, 1.54) is 17.4 Å². The summed E-state index contributed by atoms with van der Waals surface area (Å²) in [6, 6.07) is 8.49. The molecule has 2 aromatic rings. The summed E-state index contributed by atoms with van der Waals surface area (Å²) in [5, 5.41) is 0.350. The number of benzene rings is 1. The van der Waals surface area contributed by atoms with Gasteiger partial charge in [-0.05, 0) is 46.3 Å². The van der Waals surface area contributed by atoms with Crippen LogP contribution in [-0.2, 0) is 11.3 Å². The van der Waals surface area contributed by atoms with Crippen LogP contribution in [0.4, 0.5) is 5.69 Å². The zero-order chi connectivity index (χ0) is 13.1. The number of rotatable bonds is 3. The van der Waals surface area contributed by atoms with Gasteiger partial charge in [0.15, 0.2) is 0 Å². The minimum Gasteiger partial charge on any atom is -0.456 e. The lowest BCUT2D eigenvalue weighted by Crippen LogP contribution is -2.04. The molecule has 0 amide bonds. The molecule has 0 unspecified atom stereocenters. The van der Waals surface area contributed by atoms with Crippen LogP contribution in [0.25, 0.3) is 0 Å². The second-order valence-electron chi connectivity index (χ2n) is 3.52. The highest BCUT2D eigenvalue weighted by molar-refractivity contribution is 9.11. The molecule has 0 aliphatic carbocycles. The molecule has 1 aromatic heterocycles. The van der Waals surface area contributed by atoms with E-state index in [9.17, 15) is 4.79 Å². The van der Waals surface area contributed by atoms with Gasteiger partial charge in [0.1, 0.15) is 6.61 Å². The summed E-state index contributed by atoms with van der Waals surface area (Å²) >= 11 is 10.7. The first-order valence-corrected chi connectivity index (χ1v) is 7.01. The van der Waals surface area contributed by atoms with E-state index in [1.807, 2.05) is 12.1 Å². The average molecular weight is 347 g/mol. The van der Waals surface area contributed by atoms with Crippen LogP contribution in [0.3, 0.4) is 0 Å². The predicted octanol–water partition coefficient (Wildman–Crippen LogP) is 4.10. The molecule has 0 aliphatic heterocycles. The third kappa shape index (κ3) is 3.25. The van der Waals surface area contributed by atoms with Crippen LogP contribution in [0.1, 0.15) is 15.2 Å². The van der Waals surface area contributed by atoms with Crippen LogP contribution in [0, 0.1) is 0 Å². The van der Waals surface area contributed by atoms with Gasteiger partial charge in [-0.25, -0.2) is 4.79 Å². The molecule has 2 N–H and O–H groups in total. The quantitative estimate of drug-likeness (QED) is 0.672. The monoisotopic (exact) mass is 345 g/mol. The van der Waals surface area contributed by atoms with Gasteiger partial charge >= 0.3 is 5.97 Å². The SMILES string of the molecule is Nc1ccc(C(=O)OCc2ccc(Br)s2)cc1Cl. The molecule has 0 saturated heterocycles. The first kappa shape index (κ1) is 13.4. The van der Waals surface area contributed by atoms with Crippen molar-refractivity contribution in [2.24, 2.45) is 0 Å². The Bertz CT molecular complexity index is 585. The van der Waals surface area contributed by atoms with Crippen molar-refractivity contribution >= 4 is 50.5 Å². The van der Waals surface area contributed by atoms with Gasteiger partial charge in [0, 0.05) is 4.88 Å². The molecular weight excluding hydrogens is 338 g/mol. The lowest BCUT2D eigenvalue weighted by Gasteiger charge is -2.04. The topological polar surface area (TPSA) is 52.3 Å². The molecule has 0 fully saturated rings. The maximum absolute atomic E-state index is 11.8. The Morgan fingerprint density at radius 1 is 1.39 bits per heavy atom. The largest absolute Gasteiger partial charge is 0.456 e. The van der Waals surface area contributed by atoms with E-state index >= 15 is 0 Å². The fraction of sp³-hybridized carbons (Fsp3) is 0.0833. The van der Waals surface area contributed by atoms with Crippen molar-refractivity contribution in [3.63, 3.8) is 0 Å². The summed E-state index contributed by atoms with van der Waals surface area (Å²) in [6.07, 6.45) is 0. The summed E-state index contributed by atoms with van der Waals surface area (Å²) in [6.45, 7) is 0.247. The summed E-state index contributed by atoms with van der Waals surface area (Å²) in [5.41, 5.74) is 6.40. The molecule has 1 aromatic carbocycles. The van der Waals surface area contributed by atoms with Crippen molar-refractivity contribution in [1.29, 1.82) is 0 Å². The summed E-state index contributed by atoms with van der Waals surface area (Å²) < 4.78 is 6.18. The highest BCUT2D eigenvalue weighted by atomic mass is 79.9. The fourth-order valence-electron chi connectivity index (χ4n) is 1.30. The first-order chi connectivity index (χ1) is 8.56. The van der Waals surface area contributed by atoms with E-state index in [4.69, 9.17) is 22.1 Å². The zero-order valence-electron chi connectivity index (χ0n) is 9.15. The molecule has 0 atom stereocenters. The molecule has 0 bridgehead atoms. The van der Waals surface area contributed by atoms with E-state index in [2.05, 4.69) is 15.9 Å². The van der Waals surface area contributed by atoms with E-state index in [-0.39, 0.29) is 6.61 Å². The molecule has 94 valence electrons. The third-order valence-electron chi connectivity index (χ3n) is 2.21. The Morgan fingerprint density at radius 3 is 2.78 bits per heavy atom. The van der Waals surface area contributed by atoms with Crippen molar-refractivity contribution in [2.75, 3.05) is 5.73 Å². The summed E-state index contributed by atoms with van der Waals surface area (Å²) in [5.74, 6) is -0.415. The number of hydrogen-bond acceptors (Lipinski definition) is 4. The number of nitrogens with two attached hydrogens (primary N) is 1. The van der Waals surface area contributed by atoms with Gasteiger partial charge in [-0.2, -0.15) is 0 Å². The van der Waals surface area contributed by atoms with Gasteiger partial charge in [-0.1, -0.05) is 11.6 Å². The number of nitrogen functional groups attached to an aromatic ring is 1. The number of hydrogen-bond donors (Lipinski definition) is 1. The highest BCUT2D eigenvalue weighted by Gasteiger charge is 2.10. The molecule has 0 spiro atoms. The van der Waals surface area contributed by atoms with E-state index in [0.717, 1.165) is 8.66 Å². The molecule has 2 rings (SSSR count). The van der Waals surface area contributed by atoms with Crippen molar-refractivity contribution in [1.82, 2.24) is 0 Å². The Balaban J connectivity index is 2.01. The second-order valence-corrected chi connectivity index (χ2v) is 6.47. The average Bonchev–Trinajstić information content (AvgIpc) is 2.75. The Hall–Kier alpha value is -1.04. The van der Waals surface area contributed by atoms with E-state index in [1.54, 1.807) is 12.1 Å². The molecular formula is C12H9BrClNO2S. The number of carbonyl (C=O) groups excluding carboxylic acids is 1. The van der Waals surface area contributed by atoms with E-state index < -0.39 is 5.97 Å². The lowest BCUT2D eigenvalue weighted by molar-refractivity contribution is 0.0477. The Morgan fingerprint density at radius 2 is 2.17 bits per heavy atom. The Labute approximate surface area is 122 Å². The van der Waals surface area contributed by atoms with Crippen LogP contribution >= 0.6 is 38.9 Å².